The molecule has 7 nitrogen and oxygen atoms in total. The van der Waals surface area contributed by atoms with Crippen LogP contribution < -0.4 is 10.6 Å². The number of hydrogen-bond donors (Lipinski definition) is 2. The van der Waals surface area contributed by atoms with Gasteiger partial charge in [0.05, 0.1) is 16.8 Å². The molecule has 1 aromatic heterocycles. The van der Waals surface area contributed by atoms with Crippen LogP contribution in [0.15, 0.2) is 36.5 Å². The molecule has 2 aliphatic heterocycles. The van der Waals surface area contributed by atoms with Gasteiger partial charge in [-0.25, -0.2) is 4.98 Å². The molecule has 2 N–H and O–H groups in total. The van der Waals surface area contributed by atoms with E-state index in [-0.39, 0.29) is 22.5 Å². The Balaban J connectivity index is 1.64. The molecular weight excluding hydrogens is 356 g/mol. The number of anilines is 2. The van der Waals surface area contributed by atoms with E-state index in [1.807, 2.05) is 0 Å². The summed E-state index contributed by atoms with van der Waals surface area (Å²) < 4.78 is 0. The number of carbonyl (C=O) groups is 3. The van der Waals surface area contributed by atoms with E-state index >= 15 is 0 Å². The summed E-state index contributed by atoms with van der Waals surface area (Å²) in [6, 6.07) is 7.57. The Bertz CT molecular complexity index is 930. The number of benzene rings is 1. The van der Waals surface area contributed by atoms with Gasteiger partial charge in [-0.2, -0.15) is 0 Å². The molecule has 1 aromatic carbocycles. The minimum atomic E-state index is -0.429. The highest BCUT2D eigenvalue weighted by Gasteiger charge is 2.38. The molecule has 0 saturated carbocycles. The van der Waals surface area contributed by atoms with Crippen LogP contribution in [0.25, 0.3) is 0 Å². The SMILES string of the molecule is O=C(Nc1ccc2c(c1)C(=O)N1CCC[C@H]1C(=O)N2)c1cccnc1Cl. The predicted octanol–water partition coefficient (Wildman–Crippen LogP) is 2.54. The molecule has 0 unspecified atom stereocenters. The van der Waals surface area contributed by atoms with Crippen molar-refractivity contribution in [3.63, 3.8) is 0 Å². The number of halogens is 1. The fraction of sp³-hybridized carbons (Fsp3) is 0.222. The average molecular weight is 371 g/mol. The van der Waals surface area contributed by atoms with Gasteiger partial charge < -0.3 is 15.5 Å². The minimum absolute atomic E-state index is 0.100. The first-order valence-electron chi connectivity index (χ1n) is 8.22. The molecule has 1 fully saturated rings. The second-order valence-electron chi connectivity index (χ2n) is 6.20. The van der Waals surface area contributed by atoms with Crippen molar-refractivity contribution in [1.82, 2.24) is 9.88 Å². The van der Waals surface area contributed by atoms with Gasteiger partial charge in [-0.1, -0.05) is 11.6 Å². The van der Waals surface area contributed by atoms with Crippen molar-refractivity contribution >= 4 is 40.7 Å². The first-order chi connectivity index (χ1) is 12.5. The molecular formula is C18H15ClN4O3. The fourth-order valence-corrected chi connectivity index (χ4v) is 3.52. The van der Waals surface area contributed by atoms with Crippen molar-refractivity contribution < 1.29 is 14.4 Å². The van der Waals surface area contributed by atoms with Crippen LogP contribution in [0.2, 0.25) is 5.15 Å². The van der Waals surface area contributed by atoms with Crippen LogP contribution in [0.3, 0.4) is 0 Å². The summed E-state index contributed by atoms with van der Waals surface area (Å²) in [6.07, 6.45) is 2.96. The number of fused-ring (bicyclic) bond motifs is 2. The highest BCUT2D eigenvalue weighted by Crippen LogP contribution is 2.30. The number of rotatable bonds is 2. The highest BCUT2D eigenvalue weighted by atomic mass is 35.5. The molecule has 1 saturated heterocycles. The van der Waals surface area contributed by atoms with Crippen LogP contribution in [-0.4, -0.2) is 40.2 Å². The molecule has 4 rings (SSSR count). The summed E-state index contributed by atoms with van der Waals surface area (Å²) in [6.45, 7) is 0.554. The van der Waals surface area contributed by atoms with Crippen molar-refractivity contribution in [2.45, 2.75) is 18.9 Å². The Labute approximate surface area is 154 Å². The van der Waals surface area contributed by atoms with E-state index in [2.05, 4.69) is 15.6 Å². The number of pyridine rings is 1. The summed E-state index contributed by atoms with van der Waals surface area (Å²) in [4.78, 5) is 43.0. The Morgan fingerprint density at radius 1 is 1.31 bits per heavy atom. The summed E-state index contributed by atoms with van der Waals surface area (Å²) in [5.74, 6) is -0.808. The van der Waals surface area contributed by atoms with Crippen LogP contribution in [0.1, 0.15) is 33.6 Å². The first-order valence-corrected chi connectivity index (χ1v) is 8.60. The number of hydrogen-bond acceptors (Lipinski definition) is 4. The van der Waals surface area contributed by atoms with Crippen molar-refractivity contribution in [2.75, 3.05) is 17.2 Å². The van der Waals surface area contributed by atoms with Gasteiger partial charge in [-0.15, -0.1) is 0 Å². The summed E-state index contributed by atoms with van der Waals surface area (Å²) in [5.41, 5.74) is 1.49. The van der Waals surface area contributed by atoms with E-state index in [1.54, 1.807) is 35.2 Å². The third-order valence-corrected chi connectivity index (χ3v) is 4.89. The third-order valence-electron chi connectivity index (χ3n) is 4.59. The topological polar surface area (TPSA) is 91.4 Å². The van der Waals surface area contributed by atoms with E-state index in [9.17, 15) is 14.4 Å². The van der Waals surface area contributed by atoms with Crippen LogP contribution in [0.5, 0.6) is 0 Å². The van der Waals surface area contributed by atoms with Gasteiger partial charge in [-0.05, 0) is 43.2 Å². The molecule has 8 heteroatoms. The Hall–Kier alpha value is -2.93. The minimum Gasteiger partial charge on any atom is -0.327 e. The number of nitrogens with zero attached hydrogens (tertiary/aromatic N) is 2. The third kappa shape index (κ3) is 2.80. The molecule has 26 heavy (non-hydrogen) atoms. The maximum absolute atomic E-state index is 12.8. The summed E-state index contributed by atoms with van der Waals surface area (Å²) >= 11 is 5.94. The van der Waals surface area contributed by atoms with Gasteiger partial charge in [0, 0.05) is 18.4 Å². The lowest BCUT2D eigenvalue weighted by Crippen LogP contribution is -2.40. The van der Waals surface area contributed by atoms with Crippen LogP contribution in [0, 0.1) is 0 Å². The van der Waals surface area contributed by atoms with Crippen LogP contribution in [-0.2, 0) is 4.79 Å². The second kappa shape index (κ2) is 6.42. The quantitative estimate of drug-likeness (QED) is 0.795. The standard InChI is InChI=1S/C18H15ClN4O3/c19-15-11(3-1-7-20-15)16(24)21-10-5-6-13-12(9-10)18(26)23-8-2-4-14(23)17(25)22-13/h1,3,5-7,9,14H,2,4,8H2,(H,21,24)(H,22,25)/t14-/m0/s1. The lowest BCUT2D eigenvalue weighted by molar-refractivity contribution is -0.119. The Morgan fingerprint density at radius 2 is 2.15 bits per heavy atom. The molecule has 0 aliphatic carbocycles. The lowest BCUT2D eigenvalue weighted by atomic mass is 10.1. The zero-order chi connectivity index (χ0) is 18.3. The normalized spacial score (nSPS) is 18.7. The molecule has 0 bridgehead atoms. The molecule has 0 spiro atoms. The van der Waals surface area contributed by atoms with E-state index in [4.69, 9.17) is 11.6 Å². The summed E-state index contributed by atoms with van der Waals surface area (Å²) in [7, 11) is 0. The molecule has 132 valence electrons. The lowest BCUT2D eigenvalue weighted by Gasteiger charge is -2.20. The molecule has 0 radical (unpaired) electrons. The zero-order valence-electron chi connectivity index (χ0n) is 13.7. The molecule has 2 aliphatic rings. The highest BCUT2D eigenvalue weighted by molar-refractivity contribution is 6.33. The van der Waals surface area contributed by atoms with Crippen molar-refractivity contribution in [2.24, 2.45) is 0 Å². The maximum atomic E-state index is 12.8. The van der Waals surface area contributed by atoms with Gasteiger partial charge in [0.15, 0.2) is 0 Å². The van der Waals surface area contributed by atoms with E-state index < -0.39 is 11.9 Å². The second-order valence-corrected chi connectivity index (χ2v) is 6.56. The van der Waals surface area contributed by atoms with Crippen molar-refractivity contribution in [3.05, 3.63) is 52.8 Å². The predicted molar refractivity (Wildman–Crippen MR) is 96.3 cm³/mol. The van der Waals surface area contributed by atoms with Gasteiger partial charge in [-0.3, -0.25) is 14.4 Å². The van der Waals surface area contributed by atoms with Crippen molar-refractivity contribution in [1.29, 1.82) is 0 Å². The average Bonchev–Trinajstić information content (AvgIpc) is 3.09. The van der Waals surface area contributed by atoms with E-state index in [0.717, 1.165) is 6.42 Å². The van der Waals surface area contributed by atoms with Gasteiger partial charge >= 0.3 is 0 Å². The molecule has 3 heterocycles. The largest absolute Gasteiger partial charge is 0.327 e. The van der Waals surface area contributed by atoms with Crippen molar-refractivity contribution in [3.8, 4) is 0 Å². The monoisotopic (exact) mass is 370 g/mol. The van der Waals surface area contributed by atoms with Gasteiger partial charge in [0.2, 0.25) is 5.91 Å². The van der Waals surface area contributed by atoms with Crippen LogP contribution >= 0.6 is 11.6 Å². The number of carbonyl (C=O) groups excluding carboxylic acids is 3. The zero-order valence-corrected chi connectivity index (χ0v) is 14.4. The smallest absolute Gasteiger partial charge is 0.258 e. The number of amides is 3. The first kappa shape index (κ1) is 16.5. The van der Waals surface area contributed by atoms with Crippen LogP contribution in [0.4, 0.5) is 11.4 Å². The molecule has 2 aromatic rings. The fourth-order valence-electron chi connectivity index (χ4n) is 3.31. The van der Waals surface area contributed by atoms with Gasteiger partial charge in [0.1, 0.15) is 11.2 Å². The number of aromatic nitrogens is 1. The van der Waals surface area contributed by atoms with Gasteiger partial charge in [0.25, 0.3) is 11.8 Å². The van der Waals surface area contributed by atoms with E-state index in [0.29, 0.717) is 29.9 Å². The summed E-state index contributed by atoms with van der Waals surface area (Å²) in [5, 5.41) is 5.61. The Morgan fingerprint density at radius 3 is 2.96 bits per heavy atom. The Kier molecular flexibility index (Phi) is 4.08. The molecule has 1 atom stereocenters. The number of nitrogens with one attached hydrogen (secondary N) is 2. The molecule has 3 amide bonds. The van der Waals surface area contributed by atoms with E-state index in [1.165, 1.54) is 6.20 Å². The maximum Gasteiger partial charge on any atom is 0.258 e.